The van der Waals surface area contributed by atoms with Gasteiger partial charge in [-0.05, 0) is 44.4 Å². The molecule has 1 aromatic rings. The zero-order chi connectivity index (χ0) is 14.0. The van der Waals surface area contributed by atoms with Gasteiger partial charge < -0.3 is 16.4 Å². The highest BCUT2D eigenvalue weighted by molar-refractivity contribution is 6.34. The molecule has 5 heteroatoms. The van der Waals surface area contributed by atoms with Crippen LogP contribution in [0.25, 0.3) is 0 Å². The number of rotatable bonds is 3. The number of hydrogen-bond donors (Lipinski definition) is 2. The van der Waals surface area contributed by atoms with Gasteiger partial charge in [-0.3, -0.25) is 4.79 Å². The Morgan fingerprint density at radius 3 is 2.84 bits per heavy atom. The molecule has 1 heterocycles. The van der Waals surface area contributed by atoms with E-state index in [-0.39, 0.29) is 0 Å². The van der Waals surface area contributed by atoms with Crippen LogP contribution in [0.15, 0.2) is 18.2 Å². The molecule has 2 unspecified atom stereocenters. The topological polar surface area (TPSA) is 72.3 Å². The molecule has 1 fully saturated rings. The Kier molecular flexibility index (Phi) is 4.32. The number of carbonyl (C=O) groups excluding carboxylic acids is 1. The van der Waals surface area contributed by atoms with E-state index < -0.39 is 5.91 Å². The molecule has 104 valence electrons. The smallest absolute Gasteiger partial charge is 0.252 e. The predicted molar refractivity (Wildman–Crippen MR) is 78.6 cm³/mol. The molecule has 0 aromatic heterocycles. The second-order valence-electron chi connectivity index (χ2n) is 5.18. The van der Waals surface area contributed by atoms with Crippen molar-refractivity contribution in [2.45, 2.75) is 25.8 Å². The minimum absolute atomic E-state index is 0.361. The number of piperidine rings is 1. The summed E-state index contributed by atoms with van der Waals surface area (Å²) in [5.41, 5.74) is 12.5. The largest absolute Gasteiger partial charge is 0.368 e. The quantitative estimate of drug-likeness (QED) is 0.890. The molecule has 0 saturated carbocycles. The summed E-state index contributed by atoms with van der Waals surface area (Å²) < 4.78 is 0. The van der Waals surface area contributed by atoms with Gasteiger partial charge in [0.1, 0.15) is 0 Å². The third-order valence-electron chi connectivity index (χ3n) is 3.86. The minimum Gasteiger partial charge on any atom is -0.368 e. The average molecular weight is 282 g/mol. The van der Waals surface area contributed by atoms with E-state index in [0.717, 1.165) is 25.1 Å². The van der Waals surface area contributed by atoms with Gasteiger partial charge in [0.15, 0.2) is 0 Å². The maximum atomic E-state index is 11.6. The fraction of sp³-hybridized carbons (Fsp3) is 0.500. The summed E-state index contributed by atoms with van der Waals surface area (Å²) in [6.45, 7) is 3.66. The summed E-state index contributed by atoms with van der Waals surface area (Å²) in [4.78, 5) is 13.8. The molecule has 0 spiro atoms. The van der Waals surface area contributed by atoms with Crippen LogP contribution in [0.5, 0.6) is 0 Å². The molecule has 1 amide bonds. The average Bonchev–Trinajstić information content (AvgIpc) is 2.38. The third-order valence-corrected chi connectivity index (χ3v) is 4.18. The lowest BCUT2D eigenvalue weighted by molar-refractivity contribution is 0.100. The number of anilines is 1. The van der Waals surface area contributed by atoms with Gasteiger partial charge in [-0.25, -0.2) is 0 Å². The SMILES string of the molecule is CC1CCC(CN)CN1c1cccc(Cl)c1C(N)=O. The van der Waals surface area contributed by atoms with Crippen molar-refractivity contribution in [1.82, 2.24) is 0 Å². The van der Waals surface area contributed by atoms with Gasteiger partial charge in [0.2, 0.25) is 0 Å². The lowest BCUT2D eigenvalue weighted by Gasteiger charge is -2.40. The molecule has 0 aliphatic carbocycles. The maximum Gasteiger partial charge on any atom is 0.252 e. The Morgan fingerprint density at radius 2 is 2.21 bits per heavy atom. The number of nitrogens with two attached hydrogens (primary N) is 2. The van der Waals surface area contributed by atoms with Crippen LogP contribution in [0, 0.1) is 5.92 Å². The summed E-state index contributed by atoms with van der Waals surface area (Å²) in [5, 5.41) is 0.409. The van der Waals surface area contributed by atoms with Crippen molar-refractivity contribution < 1.29 is 4.79 Å². The van der Waals surface area contributed by atoms with Gasteiger partial charge >= 0.3 is 0 Å². The van der Waals surface area contributed by atoms with Gasteiger partial charge in [-0.2, -0.15) is 0 Å². The van der Waals surface area contributed by atoms with Crippen molar-refractivity contribution in [3.63, 3.8) is 0 Å². The van der Waals surface area contributed by atoms with Crippen LogP contribution in [0.3, 0.4) is 0 Å². The van der Waals surface area contributed by atoms with E-state index in [4.69, 9.17) is 23.1 Å². The van der Waals surface area contributed by atoms with E-state index in [0.29, 0.717) is 29.1 Å². The van der Waals surface area contributed by atoms with Crippen LogP contribution < -0.4 is 16.4 Å². The Labute approximate surface area is 118 Å². The third kappa shape index (κ3) is 2.85. The molecule has 4 N–H and O–H groups in total. The van der Waals surface area contributed by atoms with Crippen LogP contribution in [0.4, 0.5) is 5.69 Å². The van der Waals surface area contributed by atoms with Crippen molar-refractivity contribution in [3.8, 4) is 0 Å². The number of halogens is 1. The van der Waals surface area contributed by atoms with E-state index in [1.165, 1.54) is 0 Å². The number of carbonyl (C=O) groups is 1. The predicted octanol–water partition coefficient (Wildman–Crippen LogP) is 2.00. The van der Waals surface area contributed by atoms with Crippen molar-refractivity contribution in [2.24, 2.45) is 17.4 Å². The molecule has 0 radical (unpaired) electrons. The molecule has 1 aliphatic rings. The molecule has 1 saturated heterocycles. The van der Waals surface area contributed by atoms with E-state index in [2.05, 4.69) is 11.8 Å². The Morgan fingerprint density at radius 1 is 1.47 bits per heavy atom. The maximum absolute atomic E-state index is 11.6. The van der Waals surface area contributed by atoms with Crippen LogP contribution >= 0.6 is 11.6 Å². The monoisotopic (exact) mass is 281 g/mol. The first-order valence-corrected chi connectivity index (χ1v) is 6.97. The van der Waals surface area contributed by atoms with Gasteiger partial charge in [0.05, 0.1) is 16.3 Å². The van der Waals surface area contributed by atoms with Crippen molar-refractivity contribution in [1.29, 1.82) is 0 Å². The highest BCUT2D eigenvalue weighted by Crippen LogP contribution is 2.33. The molecule has 1 aromatic carbocycles. The molecule has 2 rings (SSSR count). The lowest BCUT2D eigenvalue weighted by Crippen LogP contribution is -2.44. The highest BCUT2D eigenvalue weighted by Gasteiger charge is 2.28. The van der Waals surface area contributed by atoms with Crippen LogP contribution in [-0.2, 0) is 0 Å². The molecule has 19 heavy (non-hydrogen) atoms. The minimum atomic E-state index is -0.484. The number of hydrogen-bond acceptors (Lipinski definition) is 3. The number of benzene rings is 1. The van der Waals surface area contributed by atoms with Gasteiger partial charge in [0.25, 0.3) is 5.91 Å². The standard InChI is InChI=1S/C14H20ClN3O/c1-9-5-6-10(7-16)8-18(9)12-4-2-3-11(15)13(12)14(17)19/h2-4,9-10H,5-8,16H2,1H3,(H2,17,19). The number of primary amides is 1. The molecular weight excluding hydrogens is 262 g/mol. The fourth-order valence-electron chi connectivity index (χ4n) is 2.71. The number of amides is 1. The van der Waals surface area contributed by atoms with Crippen LogP contribution in [-0.4, -0.2) is 25.0 Å². The van der Waals surface area contributed by atoms with E-state index in [1.54, 1.807) is 6.07 Å². The fourth-order valence-corrected chi connectivity index (χ4v) is 2.97. The van der Waals surface area contributed by atoms with Crippen molar-refractivity contribution in [3.05, 3.63) is 28.8 Å². The molecule has 4 nitrogen and oxygen atoms in total. The summed E-state index contributed by atoms with van der Waals surface area (Å²) >= 11 is 6.11. The molecule has 2 atom stereocenters. The second kappa shape index (κ2) is 5.80. The first kappa shape index (κ1) is 14.2. The second-order valence-corrected chi connectivity index (χ2v) is 5.59. The van der Waals surface area contributed by atoms with E-state index in [9.17, 15) is 4.79 Å². The summed E-state index contributed by atoms with van der Waals surface area (Å²) in [6.07, 6.45) is 2.19. The van der Waals surface area contributed by atoms with E-state index >= 15 is 0 Å². The van der Waals surface area contributed by atoms with Gasteiger partial charge in [0, 0.05) is 12.6 Å². The van der Waals surface area contributed by atoms with Crippen molar-refractivity contribution >= 4 is 23.2 Å². The van der Waals surface area contributed by atoms with Gasteiger partial charge in [-0.1, -0.05) is 17.7 Å². The zero-order valence-corrected chi connectivity index (χ0v) is 11.9. The normalized spacial score (nSPS) is 23.4. The number of nitrogens with zero attached hydrogens (tertiary/aromatic N) is 1. The van der Waals surface area contributed by atoms with Crippen molar-refractivity contribution in [2.75, 3.05) is 18.0 Å². The Bertz CT molecular complexity index is 478. The molecule has 0 bridgehead atoms. The van der Waals surface area contributed by atoms with Gasteiger partial charge in [-0.15, -0.1) is 0 Å². The summed E-state index contributed by atoms with van der Waals surface area (Å²) in [6, 6.07) is 5.81. The van der Waals surface area contributed by atoms with E-state index in [1.807, 2.05) is 12.1 Å². The van der Waals surface area contributed by atoms with Crippen LogP contribution in [0.2, 0.25) is 5.02 Å². The highest BCUT2D eigenvalue weighted by atomic mass is 35.5. The lowest BCUT2D eigenvalue weighted by atomic mass is 9.92. The van der Waals surface area contributed by atoms with Crippen LogP contribution in [0.1, 0.15) is 30.1 Å². The first-order valence-electron chi connectivity index (χ1n) is 6.59. The Hall–Kier alpha value is -1.26. The Balaban J connectivity index is 2.39. The summed E-state index contributed by atoms with van der Waals surface area (Å²) in [5.74, 6) is -0.0291. The summed E-state index contributed by atoms with van der Waals surface area (Å²) in [7, 11) is 0. The zero-order valence-electron chi connectivity index (χ0n) is 11.1. The first-order chi connectivity index (χ1) is 9.04. The molecule has 1 aliphatic heterocycles. The molecular formula is C14H20ClN3O.